The number of thiophene rings is 1. The number of rotatable bonds is 5. The normalized spacial score (nSPS) is 12.9. The second-order valence-electron chi connectivity index (χ2n) is 5.27. The summed E-state index contributed by atoms with van der Waals surface area (Å²) in [5.41, 5.74) is 2.56. The number of benzene rings is 1. The fourth-order valence-corrected chi connectivity index (χ4v) is 4.64. The predicted octanol–water partition coefficient (Wildman–Crippen LogP) is 4.87. The summed E-state index contributed by atoms with van der Waals surface area (Å²) in [6.07, 6.45) is 1.02. The molecule has 1 atom stereocenters. The molecule has 0 amide bonds. The van der Waals surface area contributed by atoms with E-state index in [0.29, 0.717) is 6.04 Å². The van der Waals surface area contributed by atoms with Gasteiger partial charge in [0.15, 0.2) is 0 Å². The fraction of sp³-hybridized carbons (Fsp3) is 0.353. The molecule has 3 rings (SSSR count). The summed E-state index contributed by atoms with van der Waals surface area (Å²) < 4.78 is 1.27. The van der Waals surface area contributed by atoms with Crippen molar-refractivity contribution in [1.29, 1.82) is 0 Å². The number of thiazole rings is 1. The van der Waals surface area contributed by atoms with Crippen LogP contribution in [0.1, 0.15) is 33.3 Å². The van der Waals surface area contributed by atoms with E-state index in [1.807, 2.05) is 22.7 Å². The third-order valence-corrected chi connectivity index (χ3v) is 5.79. The maximum absolute atomic E-state index is 4.82. The van der Waals surface area contributed by atoms with Gasteiger partial charge in [-0.3, -0.25) is 0 Å². The number of aryl methyl sites for hydroxylation is 2. The van der Waals surface area contributed by atoms with E-state index in [0.717, 1.165) is 18.5 Å². The van der Waals surface area contributed by atoms with E-state index in [4.69, 9.17) is 4.98 Å². The van der Waals surface area contributed by atoms with Crippen molar-refractivity contribution in [2.24, 2.45) is 0 Å². The van der Waals surface area contributed by atoms with Crippen LogP contribution < -0.4 is 5.32 Å². The number of para-hydroxylation sites is 1. The van der Waals surface area contributed by atoms with Crippen molar-refractivity contribution in [2.45, 2.75) is 33.2 Å². The molecule has 1 unspecified atom stereocenters. The maximum atomic E-state index is 4.82. The zero-order chi connectivity index (χ0) is 14.8. The van der Waals surface area contributed by atoms with Crippen molar-refractivity contribution in [3.63, 3.8) is 0 Å². The van der Waals surface area contributed by atoms with E-state index in [1.54, 1.807) is 0 Å². The Morgan fingerprint density at radius 1 is 1.19 bits per heavy atom. The second-order valence-corrected chi connectivity index (χ2v) is 7.80. The third kappa shape index (κ3) is 3.18. The van der Waals surface area contributed by atoms with Crippen molar-refractivity contribution < 1.29 is 0 Å². The molecule has 4 heteroatoms. The van der Waals surface area contributed by atoms with Gasteiger partial charge in [0.2, 0.25) is 0 Å². The van der Waals surface area contributed by atoms with Crippen molar-refractivity contribution in [3.8, 4) is 0 Å². The summed E-state index contributed by atoms with van der Waals surface area (Å²) in [5.74, 6) is 0. The lowest BCUT2D eigenvalue weighted by atomic mass is 10.1. The molecule has 0 spiro atoms. The molecule has 2 heterocycles. The molecule has 2 aromatic heterocycles. The first-order valence-electron chi connectivity index (χ1n) is 7.32. The van der Waals surface area contributed by atoms with Crippen LogP contribution in [0.2, 0.25) is 0 Å². The van der Waals surface area contributed by atoms with Gasteiger partial charge in [-0.15, -0.1) is 22.7 Å². The van der Waals surface area contributed by atoms with E-state index >= 15 is 0 Å². The standard InChI is InChI=1S/C17H20N2S2/c1-4-18-15(10-13-9-11(2)20-12(13)3)17-19-14-7-5-6-8-16(14)21-17/h5-9,15,18H,4,10H2,1-3H3. The van der Waals surface area contributed by atoms with Gasteiger partial charge in [-0.05, 0) is 50.6 Å². The van der Waals surface area contributed by atoms with Crippen LogP contribution in [0.5, 0.6) is 0 Å². The fourth-order valence-electron chi connectivity index (χ4n) is 2.64. The molecule has 0 aliphatic rings. The number of nitrogens with zero attached hydrogens (tertiary/aromatic N) is 1. The van der Waals surface area contributed by atoms with Crippen molar-refractivity contribution in [2.75, 3.05) is 6.54 Å². The first kappa shape index (κ1) is 14.7. The van der Waals surface area contributed by atoms with Gasteiger partial charge in [0, 0.05) is 9.75 Å². The van der Waals surface area contributed by atoms with Gasteiger partial charge < -0.3 is 5.32 Å². The lowest BCUT2D eigenvalue weighted by Gasteiger charge is -2.15. The molecule has 3 aromatic rings. The van der Waals surface area contributed by atoms with Crippen LogP contribution in [0.15, 0.2) is 30.3 Å². The van der Waals surface area contributed by atoms with E-state index in [9.17, 15) is 0 Å². The van der Waals surface area contributed by atoms with Gasteiger partial charge in [-0.25, -0.2) is 4.98 Å². The number of nitrogens with one attached hydrogen (secondary N) is 1. The average Bonchev–Trinajstić information content (AvgIpc) is 3.01. The molecule has 1 aromatic carbocycles. The molecular formula is C17H20N2S2. The van der Waals surface area contributed by atoms with E-state index in [1.165, 1.54) is 25.0 Å². The van der Waals surface area contributed by atoms with Crippen LogP contribution in [0.4, 0.5) is 0 Å². The van der Waals surface area contributed by atoms with Crippen LogP contribution in [0, 0.1) is 13.8 Å². The second kappa shape index (κ2) is 6.26. The molecule has 1 N–H and O–H groups in total. The van der Waals surface area contributed by atoms with Crippen molar-refractivity contribution in [1.82, 2.24) is 10.3 Å². The summed E-state index contributed by atoms with van der Waals surface area (Å²) >= 11 is 3.69. The third-order valence-electron chi connectivity index (χ3n) is 3.63. The lowest BCUT2D eigenvalue weighted by Crippen LogP contribution is -2.22. The average molecular weight is 316 g/mol. The molecule has 0 saturated heterocycles. The maximum Gasteiger partial charge on any atom is 0.111 e. The largest absolute Gasteiger partial charge is 0.308 e. The number of aromatic nitrogens is 1. The molecule has 0 aliphatic heterocycles. The first-order chi connectivity index (χ1) is 10.2. The highest BCUT2D eigenvalue weighted by molar-refractivity contribution is 7.18. The van der Waals surface area contributed by atoms with Crippen LogP contribution in [0.25, 0.3) is 10.2 Å². The van der Waals surface area contributed by atoms with E-state index in [2.05, 4.69) is 56.4 Å². The lowest BCUT2D eigenvalue weighted by molar-refractivity contribution is 0.547. The number of fused-ring (bicyclic) bond motifs is 1. The Bertz CT molecular complexity index is 709. The Morgan fingerprint density at radius 3 is 2.67 bits per heavy atom. The number of likely N-dealkylation sites (N-methyl/N-ethyl adjacent to an activating group) is 1. The van der Waals surface area contributed by atoms with Crippen LogP contribution in [-0.2, 0) is 6.42 Å². The highest BCUT2D eigenvalue weighted by Gasteiger charge is 2.17. The molecule has 0 saturated carbocycles. The molecule has 21 heavy (non-hydrogen) atoms. The molecule has 0 radical (unpaired) electrons. The summed E-state index contributed by atoms with van der Waals surface area (Å²) in [5, 5.41) is 4.79. The van der Waals surface area contributed by atoms with Gasteiger partial charge in [-0.1, -0.05) is 19.1 Å². The smallest absolute Gasteiger partial charge is 0.111 e. The summed E-state index contributed by atoms with van der Waals surface area (Å²) in [7, 11) is 0. The molecular weight excluding hydrogens is 296 g/mol. The Balaban J connectivity index is 1.91. The predicted molar refractivity (Wildman–Crippen MR) is 93.5 cm³/mol. The quantitative estimate of drug-likeness (QED) is 0.726. The van der Waals surface area contributed by atoms with Gasteiger partial charge in [0.25, 0.3) is 0 Å². The molecule has 110 valence electrons. The zero-order valence-electron chi connectivity index (χ0n) is 12.6. The number of hydrogen-bond donors (Lipinski definition) is 1. The minimum Gasteiger partial charge on any atom is -0.308 e. The minimum absolute atomic E-state index is 0.306. The van der Waals surface area contributed by atoms with Crippen LogP contribution in [-0.4, -0.2) is 11.5 Å². The zero-order valence-corrected chi connectivity index (χ0v) is 14.3. The van der Waals surface area contributed by atoms with Crippen molar-refractivity contribution in [3.05, 3.63) is 50.7 Å². The van der Waals surface area contributed by atoms with Gasteiger partial charge in [0.1, 0.15) is 5.01 Å². The molecule has 0 aliphatic carbocycles. The Hall–Kier alpha value is -1.23. The highest BCUT2D eigenvalue weighted by atomic mass is 32.1. The van der Waals surface area contributed by atoms with Gasteiger partial charge >= 0.3 is 0 Å². The van der Waals surface area contributed by atoms with Crippen LogP contribution in [0.3, 0.4) is 0 Å². The molecule has 0 fully saturated rings. The SMILES string of the molecule is CCNC(Cc1cc(C)sc1C)c1nc2ccccc2s1. The van der Waals surface area contributed by atoms with E-state index < -0.39 is 0 Å². The molecule has 0 bridgehead atoms. The van der Waals surface area contributed by atoms with Gasteiger partial charge in [0.05, 0.1) is 16.3 Å². The van der Waals surface area contributed by atoms with Crippen LogP contribution >= 0.6 is 22.7 Å². The Kier molecular flexibility index (Phi) is 4.38. The number of hydrogen-bond acceptors (Lipinski definition) is 4. The van der Waals surface area contributed by atoms with Crippen molar-refractivity contribution >= 4 is 32.9 Å². The summed E-state index contributed by atoms with van der Waals surface area (Å²) in [6, 6.07) is 11.0. The topological polar surface area (TPSA) is 24.9 Å². The van der Waals surface area contributed by atoms with Gasteiger partial charge in [-0.2, -0.15) is 0 Å². The summed E-state index contributed by atoms with van der Waals surface area (Å²) in [4.78, 5) is 7.64. The van der Waals surface area contributed by atoms with E-state index in [-0.39, 0.29) is 0 Å². The summed E-state index contributed by atoms with van der Waals surface area (Å²) in [6.45, 7) is 7.52. The minimum atomic E-state index is 0.306. The monoisotopic (exact) mass is 316 g/mol. The Morgan fingerprint density at radius 2 is 2.00 bits per heavy atom. The first-order valence-corrected chi connectivity index (χ1v) is 8.95. The highest BCUT2D eigenvalue weighted by Crippen LogP contribution is 2.30. The molecule has 2 nitrogen and oxygen atoms in total. The Labute approximate surface area is 133 Å².